The minimum Gasteiger partial charge on any atom is -0.385 e. The van der Waals surface area contributed by atoms with Gasteiger partial charge in [-0.15, -0.1) is 0 Å². The summed E-state index contributed by atoms with van der Waals surface area (Å²) in [5.41, 5.74) is 0. The number of nitrogens with zero attached hydrogens (tertiary/aromatic N) is 1. The Hall–Kier alpha value is -0.610. The first-order valence-corrected chi connectivity index (χ1v) is 7.63. The van der Waals surface area contributed by atoms with E-state index in [-0.39, 0.29) is 24.2 Å². The van der Waals surface area contributed by atoms with E-state index in [0.717, 1.165) is 25.7 Å². The van der Waals surface area contributed by atoms with Crippen molar-refractivity contribution in [2.45, 2.75) is 71.6 Å². The first-order valence-electron chi connectivity index (χ1n) is 7.63. The molecule has 112 valence electrons. The Morgan fingerprint density at radius 1 is 1.37 bits per heavy atom. The van der Waals surface area contributed by atoms with Crippen LogP contribution in [0, 0.1) is 5.92 Å². The molecule has 0 spiro atoms. The lowest BCUT2D eigenvalue weighted by molar-refractivity contribution is -0.133. The van der Waals surface area contributed by atoms with E-state index in [4.69, 9.17) is 4.74 Å². The summed E-state index contributed by atoms with van der Waals surface area (Å²) >= 11 is 0. The van der Waals surface area contributed by atoms with Crippen LogP contribution in [0.2, 0.25) is 0 Å². The van der Waals surface area contributed by atoms with E-state index in [2.05, 4.69) is 37.9 Å². The molecular formula is C15H30N2O2. The molecule has 0 aromatic heterocycles. The molecule has 0 radical (unpaired) electrons. The van der Waals surface area contributed by atoms with Crippen molar-refractivity contribution in [2.24, 2.45) is 5.92 Å². The zero-order valence-electron chi connectivity index (χ0n) is 13.1. The zero-order chi connectivity index (χ0) is 14.4. The van der Waals surface area contributed by atoms with Crippen molar-refractivity contribution in [2.75, 3.05) is 13.7 Å². The van der Waals surface area contributed by atoms with Gasteiger partial charge in [0.1, 0.15) is 0 Å². The highest BCUT2D eigenvalue weighted by Gasteiger charge is 2.42. The lowest BCUT2D eigenvalue weighted by Gasteiger charge is -2.30. The molecule has 1 amide bonds. The number of ether oxygens (including phenoxy) is 1. The fourth-order valence-corrected chi connectivity index (χ4v) is 2.76. The van der Waals surface area contributed by atoms with E-state index >= 15 is 0 Å². The second-order valence-corrected chi connectivity index (χ2v) is 5.71. The highest BCUT2D eigenvalue weighted by Crippen LogP contribution is 2.24. The summed E-state index contributed by atoms with van der Waals surface area (Å²) in [7, 11) is 1.71. The van der Waals surface area contributed by atoms with E-state index in [0.29, 0.717) is 12.5 Å². The third kappa shape index (κ3) is 3.93. The van der Waals surface area contributed by atoms with Crippen LogP contribution in [0.4, 0.5) is 0 Å². The van der Waals surface area contributed by atoms with Gasteiger partial charge in [-0.2, -0.15) is 0 Å². The molecule has 0 bridgehead atoms. The summed E-state index contributed by atoms with van der Waals surface area (Å²) in [5.74, 6) is 0.669. The van der Waals surface area contributed by atoms with Gasteiger partial charge in [0, 0.05) is 19.8 Å². The molecule has 0 aromatic rings. The van der Waals surface area contributed by atoms with Gasteiger partial charge >= 0.3 is 0 Å². The number of nitrogens with one attached hydrogen (secondary N) is 1. The van der Waals surface area contributed by atoms with Gasteiger partial charge in [0.25, 0.3) is 0 Å². The highest BCUT2D eigenvalue weighted by molar-refractivity contribution is 5.85. The Labute approximate surface area is 117 Å². The molecule has 1 fully saturated rings. The first-order chi connectivity index (χ1) is 9.06. The average Bonchev–Trinajstić information content (AvgIpc) is 2.72. The maximum Gasteiger partial charge on any atom is 0.241 e. The molecule has 4 unspecified atom stereocenters. The van der Waals surface area contributed by atoms with E-state index < -0.39 is 0 Å². The molecule has 4 nitrogen and oxygen atoms in total. The maximum atomic E-state index is 12.6. The number of amides is 1. The minimum absolute atomic E-state index is 0.00783. The second kappa shape index (κ2) is 7.85. The van der Waals surface area contributed by atoms with Crippen molar-refractivity contribution in [1.82, 2.24) is 10.2 Å². The van der Waals surface area contributed by atoms with Gasteiger partial charge in [-0.25, -0.2) is 0 Å². The second-order valence-electron chi connectivity index (χ2n) is 5.71. The predicted molar refractivity (Wildman–Crippen MR) is 77.9 cm³/mol. The predicted octanol–water partition coefficient (Wildman–Crippen LogP) is 2.38. The molecule has 0 aliphatic carbocycles. The summed E-state index contributed by atoms with van der Waals surface area (Å²) in [6.07, 6.45) is 4.24. The number of carbonyl (C=O) groups excluding carboxylic acids is 1. The van der Waals surface area contributed by atoms with E-state index in [1.165, 1.54) is 0 Å². The lowest BCUT2D eigenvalue weighted by atomic mass is 9.99. The Morgan fingerprint density at radius 3 is 2.58 bits per heavy atom. The molecular weight excluding hydrogens is 240 g/mol. The Morgan fingerprint density at radius 2 is 2.05 bits per heavy atom. The number of hydrogen-bond acceptors (Lipinski definition) is 3. The first kappa shape index (κ1) is 16.4. The fraction of sp³-hybridized carbons (Fsp3) is 0.933. The SMILES string of the molecule is CCCC1NC(C(C)CC)C(=O)N1C(C)CCOC. The van der Waals surface area contributed by atoms with Gasteiger partial charge < -0.3 is 9.64 Å². The summed E-state index contributed by atoms with van der Waals surface area (Å²) in [6, 6.07) is 0.233. The monoisotopic (exact) mass is 270 g/mol. The number of carbonyl (C=O) groups is 1. The van der Waals surface area contributed by atoms with Crippen LogP contribution in [-0.2, 0) is 9.53 Å². The highest BCUT2D eigenvalue weighted by atomic mass is 16.5. The third-order valence-corrected chi connectivity index (χ3v) is 4.22. The summed E-state index contributed by atoms with van der Waals surface area (Å²) in [4.78, 5) is 14.7. The fourth-order valence-electron chi connectivity index (χ4n) is 2.76. The van der Waals surface area contributed by atoms with Gasteiger partial charge in [0.2, 0.25) is 5.91 Å². The standard InChI is InChI=1S/C15H30N2O2/c1-6-8-13-16-14(11(3)7-2)15(18)17(13)12(4)9-10-19-5/h11-14,16H,6-10H2,1-5H3. The molecule has 1 saturated heterocycles. The molecule has 1 aliphatic heterocycles. The van der Waals surface area contributed by atoms with Crippen molar-refractivity contribution in [3.05, 3.63) is 0 Å². The molecule has 4 heteroatoms. The summed E-state index contributed by atoms with van der Waals surface area (Å²) in [5, 5.41) is 3.54. The van der Waals surface area contributed by atoms with Crippen LogP contribution in [0.25, 0.3) is 0 Å². The van der Waals surface area contributed by atoms with Crippen molar-refractivity contribution >= 4 is 5.91 Å². The van der Waals surface area contributed by atoms with Crippen LogP contribution in [0.3, 0.4) is 0 Å². The summed E-state index contributed by atoms with van der Waals surface area (Å²) in [6.45, 7) is 9.30. The van der Waals surface area contributed by atoms with Crippen molar-refractivity contribution in [3.8, 4) is 0 Å². The smallest absolute Gasteiger partial charge is 0.241 e. The molecule has 1 rings (SSSR count). The van der Waals surface area contributed by atoms with Gasteiger partial charge in [0.15, 0.2) is 0 Å². The minimum atomic E-state index is -0.00783. The lowest BCUT2D eigenvalue weighted by Crippen LogP contribution is -2.43. The van der Waals surface area contributed by atoms with E-state index in [1.54, 1.807) is 7.11 Å². The number of rotatable bonds is 8. The van der Waals surface area contributed by atoms with E-state index in [9.17, 15) is 4.79 Å². The molecule has 1 N–H and O–H groups in total. The van der Waals surface area contributed by atoms with Gasteiger partial charge in [-0.3, -0.25) is 10.1 Å². The van der Waals surface area contributed by atoms with Crippen LogP contribution in [0.15, 0.2) is 0 Å². The summed E-state index contributed by atoms with van der Waals surface area (Å²) < 4.78 is 5.14. The number of methoxy groups -OCH3 is 1. The van der Waals surface area contributed by atoms with Crippen LogP contribution in [0.1, 0.15) is 53.4 Å². The molecule has 0 aromatic carbocycles. The van der Waals surface area contributed by atoms with Gasteiger partial charge in [-0.1, -0.05) is 33.6 Å². The van der Waals surface area contributed by atoms with Gasteiger partial charge in [0.05, 0.1) is 12.2 Å². The molecule has 1 aliphatic rings. The normalized spacial score (nSPS) is 26.8. The quantitative estimate of drug-likeness (QED) is 0.736. The maximum absolute atomic E-state index is 12.6. The molecule has 0 saturated carbocycles. The Balaban J connectivity index is 2.76. The Kier molecular flexibility index (Phi) is 6.80. The van der Waals surface area contributed by atoms with Crippen molar-refractivity contribution < 1.29 is 9.53 Å². The van der Waals surface area contributed by atoms with Crippen LogP contribution in [-0.4, -0.2) is 42.8 Å². The van der Waals surface area contributed by atoms with Crippen LogP contribution in [0.5, 0.6) is 0 Å². The topological polar surface area (TPSA) is 41.6 Å². The largest absolute Gasteiger partial charge is 0.385 e. The van der Waals surface area contributed by atoms with Crippen LogP contribution >= 0.6 is 0 Å². The third-order valence-electron chi connectivity index (χ3n) is 4.22. The van der Waals surface area contributed by atoms with Gasteiger partial charge in [-0.05, 0) is 25.7 Å². The van der Waals surface area contributed by atoms with E-state index in [1.807, 2.05) is 0 Å². The van der Waals surface area contributed by atoms with Crippen LogP contribution < -0.4 is 5.32 Å². The molecule has 19 heavy (non-hydrogen) atoms. The van der Waals surface area contributed by atoms with Crippen molar-refractivity contribution in [1.29, 1.82) is 0 Å². The average molecular weight is 270 g/mol. The molecule has 4 atom stereocenters. The molecule has 1 heterocycles. The number of hydrogen-bond donors (Lipinski definition) is 1. The van der Waals surface area contributed by atoms with Crippen molar-refractivity contribution in [3.63, 3.8) is 0 Å². The zero-order valence-corrected chi connectivity index (χ0v) is 13.1. The Bertz CT molecular complexity index is 283.